The van der Waals surface area contributed by atoms with E-state index in [1.54, 1.807) is 6.07 Å². The Balaban J connectivity index is 2.14. The van der Waals surface area contributed by atoms with E-state index in [1.165, 1.54) is 12.1 Å². The van der Waals surface area contributed by atoms with Crippen molar-refractivity contribution in [3.8, 4) is 0 Å². The molecular weight excluding hydrogens is 201 g/mol. The summed E-state index contributed by atoms with van der Waals surface area (Å²) in [5.41, 5.74) is 5.44. The molecule has 4 heteroatoms. The molecule has 1 aromatic rings. The van der Waals surface area contributed by atoms with E-state index in [0.29, 0.717) is 16.6 Å². The van der Waals surface area contributed by atoms with Gasteiger partial charge < -0.3 is 5.73 Å². The Morgan fingerprint density at radius 2 is 2.21 bits per heavy atom. The monoisotopic (exact) mass is 213 g/mol. The van der Waals surface area contributed by atoms with Crippen LogP contribution in [0, 0.1) is 11.7 Å². The summed E-state index contributed by atoms with van der Waals surface area (Å²) in [6.45, 7) is 0. The summed E-state index contributed by atoms with van der Waals surface area (Å²) in [5, 5.41) is 0. The zero-order valence-electron chi connectivity index (χ0n) is 7.70. The normalized spacial score (nSPS) is 18.1. The number of anilines is 1. The van der Waals surface area contributed by atoms with Crippen LogP contribution in [0.15, 0.2) is 23.1 Å². The van der Waals surface area contributed by atoms with Crippen LogP contribution in [0.25, 0.3) is 0 Å². The van der Waals surface area contributed by atoms with Gasteiger partial charge in [0.15, 0.2) is 0 Å². The molecule has 0 spiro atoms. The fourth-order valence-electron chi connectivity index (χ4n) is 1.24. The number of nitrogen functional groups attached to an aromatic ring is 1. The van der Waals surface area contributed by atoms with Crippen molar-refractivity contribution in [3.05, 3.63) is 24.0 Å². The lowest BCUT2D eigenvalue weighted by Gasteiger charge is -2.02. The summed E-state index contributed by atoms with van der Waals surface area (Å²) < 4.78 is 24.7. The summed E-state index contributed by atoms with van der Waals surface area (Å²) in [6.07, 6.45) is 2.31. The third-order valence-electron chi connectivity index (χ3n) is 2.32. The standard InChI is InChI=1S/C10H12FNOS/c11-9-5-8(3-4-10(9)12)14(13)6-7-1-2-7/h3-5,7H,1-2,6,12H2. The van der Waals surface area contributed by atoms with Gasteiger partial charge in [-0.25, -0.2) is 4.39 Å². The van der Waals surface area contributed by atoms with Crippen molar-refractivity contribution in [3.63, 3.8) is 0 Å². The average molecular weight is 213 g/mol. The first kappa shape index (κ1) is 9.65. The predicted molar refractivity (Wildman–Crippen MR) is 54.8 cm³/mol. The first-order valence-electron chi connectivity index (χ1n) is 4.60. The lowest BCUT2D eigenvalue weighted by atomic mass is 10.3. The molecule has 1 fully saturated rings. The quantitative estimate of drug-likeness (QED) is 0.779. The molecule has 0 saturated heterocycles. The second kappa shape index (κ2) is 3.69. The van der Waals surface area contributed by atoms with Crippen LogP contribution in [-0.4, -0.2) is 9.96 Å². The second-order valence-electron chi connectivity index (χ2n) is 3.64. The molecule has 0 amide bonds. The lowest BCUT2D eigenvalue weighted by Crippen LogP contribution is -2.01. The molecule has 0 heterocycles. The van der Waals surface area contributed by atoms with Gasteiger partial charge in [0.25, 0.3) is 0 Å². The molecule has 0 radical (unpaired) electrons. The van der Waals surface area contributed by atoms with E-state index in [-0.39, 0.29) is 5.69 Å². The molecular formula is C10H12FNOS. The van der Waals surface area contributed by atoms with Gasteiger partial charge in [0.1, 0.15) is 5.82 Å². The summed E-state index contributed by atoms with van der Waals surface area (Å²) in [5.74, 6) is 0.756. The van der Waals surface area contributed by atoms with Crippen molar-refractivity contribution in [2.75, 3.05) is 11.5 Å². The van der Waals surface area contributed by atoms with Crippen molar-refractivity contribution in [1.29, 1.82) is 0 Å². The molecule has 1 aromatic carbocycles. The maximum Gasteiger partial charge on any atom is 0.147 e. The average Bonchev–Trinajstić information content (AvgIpc) is 2.93. The molecule has 1 unspecified atom stereocenters. The Hall–Kier alpha value is -0.900. The van der Waals surface area contributed by atoms with Gasteiger partial charge in [-0.1, -0.05) is 0 Å². The predicted octanol–water partition coefficient (Wildman–Crippen LogP) is 1.93. The molecule has 14 heavy (non-hydrogen) atoms. The largest absolute Gasteiger partial charge is 0.396 e. The number of hydrogen-bond acceptors (Lipinski definition) is 2. The topological polar surface area (TPSA) is 43.1 Å². The molecule has 1 aliphatic carbocycles. The van der Waals surface area contributed by atoms with Gasteiger partial charge >= 0.3 is 0 Å². The highest BCUT2D eigenvalue weighted by Crippen LogP contribution is 2.31. The summed E-state index contributed by atoms with van der Waals surface area (Å²) in [6, 6.07) is 4.38. The van der Waals surface area contributed by atoms with Crippen LogP contribution in [0.1, 0.15) is 12.8 Å². The van der Waals surface area contributed by atoms with E-state index >= 15 is 0 Å². The van der Waals surface area contributed by atoms with Gasteiger partial charge in [-0.3, -0.25) is 4.21 Å². The highest BCUT2D eigenvalue weighted by molar-refractivity contribution is 7.85. The van der Waals surface area contributed by atoms with Crippen molar-refractivity contribution >= 4 is 16.5 Å². The van der Waals surface area contributed by atoms with Gasteiger partial charge in [0.2, 0.25) is 0 Å². The van der Waals surface area contributed by atoms with Gasteiger partial charge in [0, 0.05) is 10.6 Å². The molecule has 76 valence electrons. The first-order chi connectivity index (χ1) is 6.66. The van der Waals surface area contributed by atoms with Gasteiger partial charge in [-0.2, -0.15) is 0 Å². The number of benzene rings is 1. The third-order valence-corrected chi connectivity index (χ3v) is 3.87. The van der Waals surface area contributed by atoms with Crippen LogP contribution in [0.5, 0.6) is 0 Å². The Morgan fingerprint density at radius 3 is 2.79 bits per heavy atom. The van der Waals surface area contributed by atoms with E-state index in [0.717, 1.165) is 12.8 Å². The zero-order chi connectivity index (χ0) is 10.1. The summed E-state index contributed by atoms with van der Waals surface area (Å²) in [4.78, 5) is 0.545. The van der Waals surface area contributed by atoms with E-state index in [1.807, 2.05) is 0 Å². The maximum absolute atomic E-state index is 13.0. The molecule has 1 saturated carbocycles. The maximum atomic E-state index is 13.0. The van der Waals surface area contributed by atoms with Crippen molar-refractivity contribution in [2.24, 2.45) is 5.92 Å². The minimum absolute atomic E-state index is 0.108. The minimum atomic E-state index is -1.07. The molecule has 1 aliphatic rings. The van der Waals surface area contributed by atoms with Gasteiger partial charge in [-0.05, 0) is 37.0 Å². The molecule has 0 aliphatic heterocycles. The molecule has 0 aromatic heterocycles. The minimum Gasteiger partial charge on any atom is -0.396 e. The van der Waals surface area contributed by atoms with Gasteiger partial charge in [-0.15, -0.1) is 0 Å². The van der Waals surface area contributed by atoms with Crippen LogP contribution >= 0.6 is 0 Å². The number of nitrogens with two attached hydrogens (primary N) is 1. The van der Waals surface area contributed by atoms with Gasteiger partial charge in [0.05, 0.1) is 16.5 Å². The van der Waals surface area contributed by atoms with E-state index in [9.17, 15) is 8.60 Å². The van der Waals surface area contributed by atoms with Crippen molar-refractivity contribution in [1.82, 2.24) is 0 Å². The smallest absolute Gasteiger partial charge is 0.147 e. The Labute approximate surface area is 84.8 Å². The third kappa shape index (κ3) is 2.12. The number of halogens is 1. The van der Waals surface area contributed by atoms with E-state index < -0.39 is 16.6 Å². The molecule has 2 N–H and O–H groups in total. The fraction of sp³-hybridized carbons (Fsp3) is 0.400. The fourth-order valence-corrected chi connectivity index (χ4v) is 2.65. The Morgan fingerprint density at radius 1 is 1.50 bits per heavy atom. The van der Waals surface area contributed by atoms with Crippen LogP contribution < -0.4 is 5.73 Å². The van der Waals surface area contributed by atoms with Crippen LogP contribution in [0.2, 0.25) is 0 Å². The first-order valence-corrected chi connectivity index (χ1v) is 5.92. The molecule has 2 rings (SSSR count). The summed E-state index contributed by atoms with van der Waals surface area (Å²) >= 11 is 0. The summed E-state index contributed by atoms with van der Waals surface area (Å²) in [7, 11) is -1.07. The lowest BCUT2D eigenvalue weighted by molar-refractivity contribution is 0.627. The number of rotatable bonds is 3. The van der Waals surface area contributed by atoms with Crippen molar-refractivity contribution < 1.29 is 8.60 Å². The van der Waals surface area contributed by atoms with E-state index in [4.69, 9.17) is 5.73 Å². The van der Waals surface area contributed by atoms with Crippen LogP contribution in [-0.2, 0) is 10.8 Å². The SMILES string of the molecule is Nc1ccc(S(=O)CC2CC2)cc1F. The highest BCUT2D eigenvalue weighted by atomic mass is 32.2. The molecule has 0 bridgehead atoms. The second-order valence-corrected chi connectivity index (χ2v) is 5.13. The molecule has 1 atom stereocenters. The highest BCUT2D eigenvalue weighted by Gasteiger charge is 2.24. The van der Waals surface area contributed by atoms with Crippen LogP contribution in [0.3, 0.4) is 0 Å². The Bertz CT molecular complexity index is 376. The Kier molecular flexibility index (Phi) is 2.54. The van der Waals surface area contributed by atoms with Crippen molar-refractivity contribution in [2.45, 2.75) is 17.7 Å². The number of hydrogen-bond donors (Lipinski definition) is 1. The van der Waals surface area contributed by atoms with Crippen LogP contribution in [0.4, 0.5) is 10.1 Å². The molecule has 2 nitrogen and oxygen atoms in total. The van der Waals surface area contributed by atoms with E-state index in [2.05, 4.69) is 0 Å². The zero-order valence-corrected chi connectivity index (χ0v) is 8.52.